The molecule has 7 heteroatoms. The Kier molecular flexibility index (Phi) is 4.19. The summed E-state index contributed by atoms with van der Waals surface area (Å²) in [7, 11) is 0. The number of aryl methyl sites for hydroxylation is 2. The summed E-state index contributed by atoms with van der Waals surface area (Å²) >= 11 is 2.70. The minimum Gasteiger partial charge on any atom is -0.411 e. The minimum atomic E-state index is 0.0691. The number of benzene rings is 1. The predicted molar refractivity (Wildman–Crippen MR) is 100 cm³/mol. The number of ketones is 1. The molecule has 3 heterocycles. The number of aromatic amines is 1. The molecule has 5 nitrogen and oxygen atoms in total. The fourth-order valence-electron chi connectivity index (χ4n) is 2.61. The monoisotopic (exact) mass is 369 g/mol. The van der Waals surface area contributed by atoms with E-state index in [9.17, 15) is 4.79 Å². The van der Waals surface area contributed by atoms with Crippen molar-refractivity contribution in [1.82, 2.24) is 15.2 Å². The molecule has 0 aliphatic rings. The summed E-state index contributed by atoms with van der Waals surface area (Å²) < 4.78 is 5.71. The van der Waals surface area contributed by atoms with Crippen LogP contribution >= 0.6 is 23.1 Å². The van der Waals surface area contributed by atoms with Crippen LogP contribution in [0.2, 0.25) is 0 Å². The van der Waals surface area contributed by atoms with Gasteiger partial charge in [0.1, 0.15) is 0 Å². The highest BCUT2D eigenvalue weighted by Crippen LogP contribution is 2.29. The lowest BCUT2D eigenvalue weighted by atomic mass is 10.1. The SMILES string of the molecule is Cc1[nH]c2ccc(-c3nnc(SCC(=O)c4cccs4)o3)cc2c1C. The van der Waals surface area contributed by atoms with Gasteiger partial charge in [0.2, 0.25) is 5.89 Å². The summed E-state index contributed by atoms with van der Waals surface area (Å²) in [5.41, 5.74) is 4.33. The van der Waals surface area contributed by atoms with Gasteiger partial charge in [-0.15, -0.1) is 21.5 Å². The molecule has 0 spiro atoms. The van der Waals surface area contributed by atoms with Gasteiger partial charge < -0.3 is 9.40 Å². The van der Waals surface area contributed by atoms with Crippen LogP contribution in [0.15, 0.2) is 45.4 Å². The van der Waals surface area contributed by atoms with Gasteiger partial charge in [0.25, 0.3) is 5.22 Å². The Morgan fingerprint density at radius 2 is 2.16 bits per heavy atom. The molecule has 0 fully saturated rings. The summed E-state index contributed by atoms with van der Waals surface area (Å²) in [6, 6.07) is 9.71. The zero-order valence-corrected chi connectivity index (χ0v) is 15.3. The van der Waals surface area contributed by atoms with E-state index in [0.29, 0.717) is 11.1 Å². The third kappa shape index (κ3) is 3.12. The number of H-pyrrole nitrogens is 1. The summed E-state index contributed by atoms with van der Waals surface area (Å²) in [5.74, 6) is 0.822. The molecule has 0 unspecified atom stereocenters. The topological polar surface area (TPSA) is 71.8 Å². The Bertz CT molecular complexity index is 1050. The Morgan fingerprint density at radius 1 is 1.28 bits per heavy atom. The molecule has 1 N–H and O–H groups in total. The Morgan fingerprint density at radius 3 is 2.96 bits per heavy atom. The van der Waals surface area contributed by atoms with E-state index < -0.39 is 0 Å². The van der Waals surface area contributed by atoms with Crippen molar-refractivity contribution in [2.24, 2.45) is 0 Å². The molecule has 126 valence electrons. The Balaban J connectivity index is 1.53. The van der Waals surface area contributed by atoms with E-state index in [2.05, 4.69) is 29.0 Å². The van der Waals surface area contributed by atoms with E-state index in [0.717, 1.165) is 27.0 Å². The molecule has 4 rings (SSSR count). The fourth-order valence-corrected chi connectivity index (χ4v) is 4.02. The molecule has 0 saturated carbocycles. The van der Waals surface area contributed by atoms with Crippen molar-refractivity contribution in [3.63, 3.8) is 0 Å². The van der Waals surface area contributed by atoms with E-state index in [-0.39, 0.29) is 11.5 Å². The van der Waals surface area contributed by atoms with Crippen LogP contribution in [-0.2, 0) is 0 Å². The minimum absolute atomic E-state index is 0.0691. The van der Waals surface area contributed by atoms with Crippen LogP contribution in [-0.4, -0.2) is 26.7 Å². The number of hydrogen-bond acceptors (Lipinski definition) is 6. The molecule has 3 aromatic heterocycles. The number of carbonyl (C=O) groups is 1. The summed E-state index contributed by atoms with van der Waals surface area (Å²) in [6.07, 6.45) is 0. The first kappa shape index (κ1) is 16.1. The maximum Gasteiger partial charge on any atom is 0.277 e. The van der Waals surface area contributed by atoms with Crippen molar-refractivity contribution in [3.8, 4) is 11.5 Å². The van der Waals surface area contributed by atoms with Crippen LogP contribution in [0.1, 0.15) is 20.9 Å². The van der Waals surface area contributed by atoms with Gasteiger partial charge in [-0.25, -0.2) is 0 Å². The van der Waals surface area contributed by atoms with Crippen molar-refractivity contribution in [2.45, 2.75) is 19.1 Å². The van der Waals surface area contributed by atoms with Gasteiger partial charge in [-0.3, -0.25) is 4.79 Å². The first-order valence-electron chi connectivity index (χ1n) is 7.74. The van der Waals surface area contributed by atoms with Crippen molar-refractivity contribution in [3.05, 3.63) is 51.8 Å². The first-order chi connectivity index (χ1) is 12.1. The largest absolute Gasteiger partial charge is 0.411 e. The smallest absolute Gasteiger partial charge is 0.277 e. The number of fused-ring (bicyclic) bond motifs is 1. The molecular weight excluding hydrogens is 354 g/mol. The number of nitrogens with zero attached hydrogens (tertiary/aromatic N) is 2. The predicted octanol–water partition coefficient (Wildman–Crippen LogP) is 4.87. The van der Waals surface area contributed by atoms with Gasteiger partial charge in [-0.2, -0.15) is 0 Å². The molecule has 0 aliphatic carbocycles. The third-order valence-corrected chi connectivity index (χ3v) is 5.81. The van der Waals surface area contributed by atoms with Gasteiger partial charge in [-0.1, -0.05) is 17.8 Å². The molecule has 25 heavy (non-hydrogen) atoms. The van der Waals surface area contributed by atoms with Gasteiger partial charge >= 0.3 is 0 Å². The number of hydrogen-bond donors (Lipinski definition) is 1. The zero-order chi connectivity index (χ0) is 17.4. The first-order valence-corrected chi connectivity index (χ1v) is 9.60. The maximum atomic E-state index is 12.0. The molecule has 0 saturated heterocycles. The number of aromatic nitrogens is 3. The molecule has 1 aromatic carbocycles. The number of thiophene rings is 1. The number of carbonyl (C=O) groups excluding carboxylic acids is 1. The van der Waals surface area contributed by atoms with Crippen molar-refractivity contribution in [2.75, 3.05) is 5.75 Å². The zero-order valence-electron chi connectivity index (χ0n) is 13.7. The molecule has 0 bridgehead atoms. The van der Waals surface area contributed by atoms with Crippen molar-refractivity contribution < 1.29 is 9.21 Å². The van der Waals surface area contributed by atoms with Crippen LogP contribution in [0.3, 0.4) is 0 Å². The second-order valence-corrected chi connectivity index (χ2v) is 7.57. The van der Waals surface area contributed by atoms with Crippen LogP contribution in [0, 0.1) is 13.8 Å². The molecular formula is C18H15N3O2S2. The Hall–Kier alpha value is -2.38. The highest BCUT2D eigenvalue weighted by Gasteiger charge is 2.14. The van der Waals surface area contributed by atoms with Crippen LogP contribution in [0.5, 0.6) is 0 Å². The lowest BCUT2D eigenvalue weighted by molar-refractivity contribution is 0.102. The van der Waals surface area contributed by atoms with E-state index in [4.69, 9.17) is 4.42 Å². The summed E-state index contributed by atoms with van der Waals surface area (Å²) in [6.45, 7) is 4.14. The third-order valence-electron chi connectivity index (χ3n) is 4.08. The van der Waals surface area contributed by atoms with Gasteiger partial charge in [0.05, 0.1) is 10.6 Å². The number of thioether (sulfide) groups is 1. The van der Waals surface area contributed by atoms with Crippen molar-refractivity contribution >= 4 is 39.8 Å². The van der Waals surface area contributed by atoms with Crippen LogP contribution < -0.4 is 0 Å². The van der Waals surface area contributed by atoms with E-state index in [1.54, 1.807) is 0 Å². The highest BCUT2D eigenvalue weighted by atomic mass is 32.2. The van der Waals surface area contributed by atoms with E-state index in [1.165, 1.54) is 28.7 Å². The summed E-state index contributed by atoms with van der Waals surface area (Å²) in [5, 5.41) is 11.6. The summed E-state index contributed by atoms with van der Waals surface area (Å²) in [4.78, 5) is 16.1. The quantitative estimate of drug-likeness (QED) is 0.401. The number of Topliss-reactive ketones (excluding diaryl/α,β-unsaturated/α-hetero) is 1. The lowest BCUT2D eigenvalue weighted by Crippen LogP contribution is -1.98. The average Bonchev–Trinajstić information content (AvgIpc) is 3.35. The van der Waals surface area contributed by atoms with Crippen molar-refractivity contribution in [1.29, 1.82) is 0 Å². The second-order valence-electron chi connectivity index (χ2n) is 5.70. The van der Waals surface area contributed by atoms with Crippen LogP contribution in [0.25, 0.3) is 22.4 Å². The van der Waals surface area contributed by atoms with Gasteiger partial charge in [0.15, 0.2) is 5.78 Å². The molecule has 4 aromatic rings. The van der Waals surface area contributed by atoms with E-state index >= 15 is 0 Å². The van der Waals surface area contributed by atoms with Crippen LogP contribution in [0.4, 0.5) is 0 Å². The second kappa shape index (κ2) is 6.50. The fraction of sp³-hybridized carbons (Fsp3) is 0.167. The standard InChI is InChI=1S/C18H15N3O2S2/c1-10-11(2)19-14-6-5-12(8-13(10)14)17-20-21-18(23-17)25-9-15(22)16-4-3-7-24-16/h3-8,19H,9H2,1-2H3. The van der Waals surface area contributed by atoms with Gasteiger partial charge in [0, 0.05) is 22.2 Å². The molecule has 0 atom stereocenters. The highest BCUT2D eigenvalue weighted by molar-refractivity contribution is 7.99. The number of nitrogens with one attached hydrogen (secondary N) is 1. The normalized spacial score (nSPS) is 11.3. The molecule has 0 radical (unpaired) electrons. The Labute approximate surface area is 152 Å². The van der Waals surface area contributed by atoms with E-state index in [1.807, 2.05) is 35.7 Å². The molecule has 0 amide bonds. The maximum absolute atomic E-state index is 12.0. The average molecular weight is 369 g/mol. The number of rotatable bonds is 5. The lowest BCUT2D eigenvalue weighted by Gasteiger charge is -1.97. The molecule has 0 aliphatic heterocycles. The van der Waals surface area contributed by atoms with Gasteiger partial charge in [-0.05, 0) is 49.1 Å².